The van der Waals surface area contributed by atoms with Crippen LogP contribution in [0.1, 0.15) is 35.3 Å². The van der Waals surface area contributed by atoms with E-state index in [9.17, 15) is 0 Å². The van der Waals surface area contributed by atoms with Gasteiger partial charge in [-0.3, -0.25) is 9.58 Å². The van der Waals surface area contributed by atoms with Crippen LogP contribution in [0, 0.1) is 13.8 Å². The number of aryl methyl sites for hydroxylation is 3. The number of nitrogens with zero attached hydrogens (tertiary/aromatic N) is 5. The largest absolute Gasteiger partial charge is 0.494 e. The predicted octanol–water partition coefficient (Wildman–Crippen LogP) is 5.05. The first-order valence-electron chi connectivity index (χ1n) is 12.0. The minimum atomic E-state index is 0.447. The fraction of sp³-hybridized carbons (Fsp3) is 0.423. The number of thiophene rings is 1. The molecule has 1 saturated heterocycles. The van der Waals surface area contributed by atoms with Crippen molar-refractivity contribution in [3.63, 3.8) is 0 Å². The highest BCUT2D eigenvalue weighted by Crippen LogP contribution is 2.29. The lowest BCUT2D eigenvalue weighted by molar-refractivity contribution is 0.211. The van der Waals surface area contributed by atoms with Gasteiger partial charge >= 0.3 is 0 Å². The molecular weight excluding hydrogens is 444 g/mol. The van der Waals surface area contributed by atoms with Crippen molar-refractivity contribution in [2.24, 2.45) is 0 Å². The number of hydrogen-bond donors (Lipinski definition) is 1. The highest BCUT2D eigenvalue weighted by atomic mass is 32.1. The van der Waals surface area contributed by atoms with Crippen molar-refractivity contribution in [1.29, 1.82) is 0 Å². The number of fused-ring (bicyclic) bond motifs is 1. The van der Waals surface area contributed by atoms with Crippen LogP contribution in [0.5, 0.6) is 5.75 Å². The monoisotopic (exact) mass is 476 g/mol. The van der Waals surface area contributed by atoms with E-state index in [1.807, 2.05) is 16.9 Å². The molecule has 34 heavy (non-hydrogen) atoms. The Morgan fingerprint density at radius 1 is 1.15 bits per heavy atom. The summed E-state index contributed by atoms with van der Waals surface area (Å²) in [5.41, 5.74) is 2.50. The fourth-order valence-electron chi connectivity index (χ4n) is 4.52. The fourth-order valence-corrected chi connectivity index (χ4v) is 5.36. The third kappa shape index (κ3) is 5.74. The molecule has 4 aromatic rings. The SMILES string of the molecule is Cc1cnn(CCCOc2cccc(CN3CCC(Nc4ncnc5sc(C)cc45)CC3)c2)c1. The summed E-state index contributed by atoms with van der Waals surface area (Å²) in [6, 6.07) is 11.2. The van der Waals surface area contributed by atoms with E-state index in [4.69, 9.17) is 4.74 Å². The van der Waals surface area contributed by atoms with Crippen molar-refractivity contribution in [2.75, 3.05) is 25.0 Å². The Bertz CT molecular complexity index is 1230. The molecule has 0 saturated carbocycles. The van der Waals surface area contributed by atoms with E-state index >= 15 is 0 Å². The maximum atomic E-state index is 6.00. The number of ether oxygens (including phenoxy) is 1. The minimum Gasteiger partial charge on any atom is -0.494 e. The molecule has 1 aromatic carbocycles. The Hall–Kier alpha value is -2.97. The van der Waals surface area contributed by atoms with E-state index in [0.717, 1.165) is 67.2 Å². The number of nitrogens with one attached hydrogen (secondary N) is 1. The average Bonchev–Trinajstić information content (AvgIpc) is 3.43. The van der Waals surface area contributed by atoms with Crippen LogP contribution < -0.4 is 10.1 Å². The topological polar surface area (TPSA) is 68.1 Å². The number of piperidine rings is 1. The molecule has 4 heterocycles. The highest BCUT2D eigenvalue weighted by molar-refractivity contribution is 7.18. The number of rotatable bonds is 9. The second-order valence-corrected chi connectivity index (χ2v) is 10.4. The van der Waals surface area contributed by atoms with E-state index in [0.29, 0.717) is 12.6 Å². The van der Waals surface area contributed by atoms with Crippen LogP contribution in [0.3, 0.4) is 0 Å². The number of likely N-dealkylation sites (tertiary alicyclic amines) is 1. The lowest BCUT2D eigenvalue weighted by Crippen LogP contribution is -2.38. The van der Waals surface area contributed by atoms with Gasteiger partial charge in [0.05, 0.1) is 18.2 Å². The Balaban J connectivity index is 1.08. The number of anilines is 1. The summed E-state index contributed by atoms with van der Waals surface area (Å²) in [7, 11) is 0. The molecule has 7 nitrogen and oxygen atoms in total. The standard InChI is InChI=1S/C26H32N6OS/c1-19-15-29-32(16-19)9-4-12-33-23-6-3-5-21(14-23)17-31-10-7-22(8-11-31)30-25-24-13-20(2)34-26(24)28-18-27-25/h3,5-6,13-16,18,22H,4,7-12,17H2,1-2H3,(H,27,28,30). The zero-order valence-corrected chi connectivity index (χ0v) is 20.7. The van der Waals surface area contributed by atoms with Crippen molar-refractivity contribution in [1.82, 2.24) is 24.6 Å². The van der Waals surface area contributed by atoms with Gasteiger partial charge in [-0.2, -0.15) is 5.10 Å². The molecule has 0 spiro atoms. The molecule has 1 aliphatic heterocycles. The number of aromatic nitrogens is 4. The number of hydrogen-bond acceptors (Lipinski definition) is 7. The van der Waals surface area contributed by atoms with Crippen molar-refractivity contribution >= 4 is 27.4 Å². The van der Waals surface area contributed by atoms with Gasteiger partial charge < -0.3 is 10.1 Å². The third-order valence-electron chi connectivity index (χ3n) is 6.25. The van der Waals surface area contributed by atoms with Crippen LogP contribution in [0.2, 0.25) is 0 Å². The molecule has 0 atom stereocenters. The summed E-state index contributed by atoms with van der Waals surface area (Å²) in [4.78, 5) is 13.8. The zero-order chi connectivity index (χ0) is 23.3. The van der Waals surface area contributed by atoms with E-state index in [-0.39, 0.29) is 0 Å². The second-order valence-electron chi connectivity index (χ2n) is 9.12. The van der Waals surface area contributed by atoms with Crippen LogP contribution in [0.4, 0.5) is 5.82 Å². The molecule has 1 aliphatic rings. The van der Waals surface area contributed by atoms with E-state index in [1.54, 1.807) is 17.7 Å². The Kier molecular flexibility index (Phi) is 7.06. The van der Waals surface area contributed by atoms with Crippen molar-refractivity contribution < 1.29 is 4.74 Å². The van der Waals surface area contributed by atoms with Gasteiger partial charge in [0.25, 0.3) is 0 Å². The molecule has 0 amide bonds. The summed E-state index contributed by atoms with van der Waals surface area (Å²) < 4.78 is 7.98. The maximum Gasteiger partial charge on any atom is 0.138 e. The lowest BCUT2D eigenvalue weighted by atomic mass is 10.0. The molecule has 0 bridgehead atoms. The Morgan fingerprint density at radius 2 is 2.03 bits per heavy atom. The molecule has 1 N–H and O–H groups in total. The van der Waals surface area contributed by atoms with Gasteiger partial charge in [-0.25, -0.2) is 9.97 Å². The first-order valence-corrected chi connectivity index (χ1v) is 12.8. The van der Waals surface area contributed by atoms with E-state index in [2.05, 4.69) is 69.6 Å². The summed E-state index contributed by atoms with van der Waals surface area (Å²) in [6.45, 7) is 8.86. The molecule has 0 unspecified atom stereocenters. The molecule has 178 valence electrons. The molecule has 8 heteroatoms. The summed E-state index contributed by atoms with van der Waals surface area (Å²) in [5.74, 6) is 1.92. The molecule has 5 rings (SSSR count). The van der Waals surface area contributed by atoms with Crippen molar-refractivity contribution in [3.05, 3.63) is 65.1 Å². The average molecular weight is 477 g/mol. The highest BCUT2D eigenvalue weighted by Gasteiger charge is 2.20. The van der Waals surface area contributed by atoms with Gasteiger partial charge in [-0.1, -0.05) is 12.1 Å². The Morgan fingerprint density at radius 3 is 2.85 bits per heavy atom. The summed E-state index contributed by atoms with van der Waals surface area (Å²) in [5, 5.41) is 9.15. The molecule has 3 aromatic heterocycles. The van der Waals surface area contributed by atoms with Crippen LogP contribution in [0.25, 0.3) is 10.2 Å². The molecular formula is C26H32N6OS. The summed E-state index contributed by atoms with van der Waals surface area (Å²) in [6.07, 6.45) is 8.78. The van der Waals surface area contributed by atoms with E-state index in [1.165, 1.54) is 16.0 Å². The third-order valence-corrected chi connectivity index (χ3v) is 7.21. The lowest BCUT2D eigenvalue weighted by Gasteiger charge is -2.32. The first kappa shape index (κ1) is 22.8. The van der Waals surface area contributed by atoms with Crippen molar-refractivity contribution in [2.45, 2.75) is 52.2 Å². The van der Waals surface area contributed by atoms with Crippen LogP contribution in [-0.2, 0) is 13.1 Å². The van der Waals surface area contributed by atoms with Crippen LogP contribution >= 0.6 is 11.3 Å². The van der Waals surface area contributed by atoms with Crippen LogP contribution in [0.15, 0.2) is 49.1 Å². The van der Waals surface area contributed by atoms with Gasteiger partial charge in [0.1, 0.15) is 22.7 Å². The molecule has 0 radical (unpaired) electrons. The van der Waals surface area contributed by atoms with Gasteiger partial charge in [0.2, 0.25) is 0 Å². The van der Waals surface area contributed by atoms with Crippen molar-refractivity contribution in [3.8, 4) is 5.75 Å². The number of benzene rings is 1. The normalized spacial score (nSPS) is 15.1. The van der Waals surface area contributed by atoms with Gasteiger partial charge in [0, 0.05) is 49.7 Å². The zero-order valence-electron chi connectivity index (χ0n) is 19.9. The van der Waals surface area contributed by atoms with Gasteiger partial charge in [-0.15, -0.1) is 11.3 Å². The van der Waals surface area contributed by atoms with E-state index < -0.39 is 0 Å². The van der Waals surface area contributed by atoms with Gasteiger partial charge in [0.15, 0.2) is 0 Å². The van der Waals surface area contributed by atoms with Gasteiger partial charge in [-0.05, 0) is 56.0 Å². The molecule has 0 aliphatic carbocycles. The quantitative estimate of drug-likeness (QED) is 0.341. The predicted molar refractivity (Wildman–Crippen MR) is 138 cm³/mol. The Labute approximate surface area is 204 Å². The maximum absolute atomic E-state index is 6.00. The second kappa shape index (κ2) is 10.5. The summed E-state index contributed by atoms with van der Waals surface area (Å²) >= 11 is 1.72. The first-order chi connectivity index (χ1) is 16.6. The van der Waals surface area contributed by atoms with Crippen LogP contribution in [-0.4, -0.2) is 50.4 Å². The smallest absolute Gasteiger partial charge is 0.138 e. The minimum absolute atomic E-state index is 0.447. The molecule has 1 fully saturated rings.